The second-order valence-electron chi connectivity index (χ2n) is 9.46. The smallest absolute Gasteiger partial charge is 0.295 e. The Kier molecular flexibility index (Phi) is 7.24. The highest BCUT2D eigenvalue weighted by atomic mass is 16.5. The first-order chi connectivity index (χ1) is 18.4. The van der Waals surface area contributed by atoms with E-state index >= 15 is 0 Å². The van der Waals surface area contributed by atoms with Gasteiger partial charge in [0, 0.05) is 12.1 Å². The minimum atomic E-state index is -0.795. The Morgan fingerprint density at radius 3 is 2.32 bits per heavy atom. The van der Waals surface area contributed by atoms with Gasteiger partial charge in [-0.25, -0.2) is 0 Å². The number of benzene rings is 4. The van der Waals surface area contributed by atoms with E-state index in [1.165, 1.54) is 4.90 Å². The molecule has 4 aromatic rings. The van der Waals surface area contributed by atoms with Gasteiger partial charge in [0.1, 0.15) is 17.3 Å². The molecule has 1 unspecified atom stereocenters. The van der Waals surface area contributed by atoms with E-state index in [1.807, 2.05) is 98.8 Å². The molecule has 0 saturated carbocycles. The highest BCUT2D eigenvalue weighted by molar-refractivity contribution is 6.46. The van der Waals surface area contributed by atoms with Gasteiger partial charge in [-0.3, -0.25) is 9.59 Å². The highest BCUT2D eigenvalue weighted by Gasteiger charge is 2.46. The number of carbonyl (C=O) groups excluding carboxylic acids is 2. The minimum Gasteiger partial charge on any atom is -0.507 e. The number of para-hydroxylation sites is 1. The summed E-state index contributed by atoms with van der Waals surface area (Å²) in [6.07, 6.45) is -0.0227. The molecule has 1 atom stereocenters. The highest BCUT2D eigenvalue weighted by Crippen LogP contribution is 2.40. The maximum absolute atomic E-state index is 13.4. The number of fused-ring (bicyclic) bond motifs is 1. The van der Waals surface area contributed by atoms with Crippen molar-refractivity contribution in [2.45, 2.75) is 26.0 Å². The van der Waals surface area contributed by atoms with Crippen LogP contribution >= 0.6 is 0 Å². The molecule has 1 N–H and O–H groups in total. The lowest BCUT2D eigenvalue weighted by atomic mass is 9.94. The Hall–Kier alpha value is -4.42. The topological polar surface area (TPSA) is 76.1 Å². The average Bonchev–Trinajstić information content (AvgIpc) is 3.18. The lowest BCUT2D eigenvalue weighted by molar-refractivity contribution is -0.140. The predicted octanol–water partition coefficient (Wildman–Crippen LogP) is 6.48. The third-order valence-corrected chi connectivity index (χ3v) is 6.50. The summed E-state index contributed by atoms with van der Waals surface area (Å²) in [5.41, 5.74) is 1.18. The zero-order valence-corrected chi connectivity index (χ0v) is 21.3. The number of hydrogen-bond acceptors (Lipinski definition) is 5. The maximum Gasteiger partial charge on any atom is 0.295 e. The summed E-state index contributed by atoms with van der Waals surface area (Å²) < 4.78 is 11.7. The minimum absolute atomic E-state index is 0.0227. The Morgan fingerprint density at radius 2 is 1.55 bits per heavy atom. The molecule has 6 nitrogen and oxygen atoms in total. The maximum atomic E-state index is 13.4. The fourth-order valence-corrected chi connectivity index (χ4v) is 4.71. The molecule has 4 aromatic carbocycles. The van der Waals surface area contributed by atoms with E-state index in [0.29, 0.717) is 22.6 Å². The Balaban J connectivity index is 1.59. The van der Waals surface area contributed by atoms with E-state index in [0.717, 1.165) is 10.8 Å². The van der Waals surface area contributed by atoms with Gasteiger partial charge in [-0.2, -0.15) is 0 Å². The molecule has 1 aliphatic rings. The Labute approximate surface area is 221 Å². The van der Waals surface area contributed by atoms with Gasteiger partial charge >= 0.3 is 0 Å². The van der Waals surface area contributed by atoms with Crippen LogP contribution in [0.2, 0.25) is 0 Å². The first-order valence-corrected chi connectivity index (χ1v) is 12.6. The zero-order valence-electron chi connectivity index (χ0n) is 21.3. The second-order valence-corrected chi connectivity index (χ2v) is 9.46. The number of aliphatic hydroxyl groups is 1. The van der Waals surface area contributed by atoms with Crippen molar-refractivity contribution < 1.29 is 24.2 Å². The number of hydrogen-bond donors (Lipinski definition) is 1. The number of ketones is 1. The normalized spacial score (nSPS) is 16.9. The van der Waals surface area contributed by atoms with E-state index in [-0.39, 0.29) is 30.6 Å². The number of nitrogens with zero attached hydrogens (tertiary/aromatic N) is 1. The zero-order chi connectivity index (χ0) is 26.6. The number of amides is 1. The van der Waals surface area contributed by atoms with Crippen LogP contribution in [0.3, 0.4) is 0 Å². The van der Waals surface area contributed by atoms with Crippen LogP contribution in [0.1, 0.15) is 31.0 Å². The monoisotopic (exact) mass is 507 g/mol. The van der Waals surface area contributed by atoms with Crippen LogP contribution in [-0.4, -0.2) is 41.0 Å². The molecule has 1 saturated heterocycles. The SMILES string of the molecule is CC(C)OCCN1C(=O)C(=O)/C(=C(\O)c2ccc3ccccc3c2)C1c1cccc(Oc2ccccc2)c1. The largest absolute Gasteiger partial charge is 0.507 e. The number of rotatable bonds is 8. The van der Waals surface area contributed by atoms with Gasteiger partial charge in [0.15, 0.2) is 0 Å². The van der Waals surface area contributed by atoms with Gasteiger partial charge in [-0.1, -0.05) is 66.7 Å². The van der Waals surface area contributed by atoms with E-state index in [4.69, 9.17) is 9.47 Å². The predicted molar refractivity (Wildman–Crippen MR) is 147 cm³/mol. The van der Waals surface area contributed by atoms with Gasteiger partial charge in [0.05, 0.1) is 24.3 Å². The van der Waals surface area contributed by atoms with Crippen LogP contribution in [0.5, 0.6) is 11.5 Å². The average molecular weight is 508 g/mol. The summed E-state index contributed by atoms with van der Waals surface area (Å²) in [4.78, 5) is 28.1. The van der Waals surface area contributed by atoms with Crippen molar-refractivity contribution in [3.05, 3.63) is 114 Å². The van der Waals surface area contributed by atoms with Crippen molar-refractivity contribution in [3.63, 3.8) is 0 Å². The van der Waals surface area contributed by atoms with Gasteiger partial charge < -0.3 is 19.5 Å². The molecule has 0 spiro atoms. The van der Waals surface area contributed by atoms with Crippen LogP contribution in [0.25, 0.3) is 16.5 Å². The standard InChI is InChI=1S/C32H29NO5/c1-21(2)37-18-17-33-29(24-11-8-14-27(20-24)38-26-12-4-3-5-13-26)28(31(35)32(33)36)30(34)25-16-15-22-9-6-7-10-23(22)19-25/h3-16,19-21,29,34H,17-18H2,1-2H3/b30-28-. The van der Waals surface area contributed by atoms with Gasteiger partial charge in [-0.05, 0) is 60.5 Å². The summed E-state index contributed by atoms with van der Waals surface area (Å²) in [6, 6.07) is 29.1. The number of aliphatic hydroxyl groups excluding tert-OH is 1. The number of Topliss-reactive ketones (excluding diaryl/α,β-unsaturated/α-hetero) is 1. The molecule has 192 valence electrons. The van der Waals surface area contributed by atoms with Crippen LogP contribution in [0.4, 0.5) is 0 Å². The molecule has 5 rings (SSSR count). The summed E-state index contributed by atoms with van der Waals surface area (Å²) in [7, 11) is 0. The summed E-state index contributed by atoms with van der Waals surface area (Å²) in [5.74, 6) is -0.372. The molecule has 6 heteroatoms. The summed E-state index contributed by atoms with van der Waals surface area (Å²) in [6.45, 7) is 4.29. The quantitative estimate of drug-likeness (QED) is 0.168. The van der Waals surface area contributed by atoms with Crippen molar-refractivity contribution >= 4 is 28.2 Å². The van der Waals surface area contributed by atoms with E-state index in [9.17, 15) is 14.7 Å². The molecule has 1 fully saturated rings. The lowest BCUT2D eigenvalue weighted by Crippen LogP contribution is -2.33. The van der Waals surface area contributed by atoms with Crippen LogP contribution in [0, 0.1) is 0 Å². The molecule has 0 aromatic heterocycles. The Bertz CT molecular complexity index is 1510. The molecule has 1 heterocycles. The third kappa shape index (κ3) is 5.17. The molecule has 0 bridgehead atoms. The van der Waals surface area contributed by atoms with E-state index in [1.54, 1.807) is 12.1 Å². The summed E-state index contributed by atoms with van der Waals surface area (Å²) >= 11 is 0. The van der Waals surface area contributed by atoms with Crippen molar-refractivity contribution in [3.8, 4) is 11.5 Å². The number of likely N-dealkylation sites (tertiary alicyclic amines) is 1. The van der Waals surface area contributed by atoms with Gasteiger partial charge in [0.25, 0.3) is 11.7 Å². The molecule has 1 aliphatic heterocycles. The first kappa shape index (κ1) is 25.2. The fraction of sp³-hybridized carbons (Fsp3) is 0.188. The molecular formula is C32H29NO5. The van der Waals surface area contributed by atoms with Gasteiger partial charge in [-0.15, -0.1) is 0 Å². The van der Waals surface area contributed by atoms with Crippen LogP contribution in [0.15, 0.2) is 103 Å². The van der Waals surface area contributed by atoms with Crippen molar-refractivity contribution in [2.75, 3.05) is 13.2 Å². The molecular weight excluding hydrogens is 478 g/mol. The van der Waals surface area contributed by atoms with E-state index in [2.05, 4.69) is 0 Å². The second kappa shape index (κ2) is 10.9. The third-order valence-electron chi connectivity index (χ3n) is 6.50. The molecule has 1 amide bonds. The molecule has 0 radical (unpaired) electrons. The van der Waals surface area contributed by atoms with Crippen molar-refractivity contribution in [1.82, 2.24) is 4.90 Å². The van der Waals surface area contributed by atoms with E-state index < -0.39 is 17.7 Å². The van der Waals surface area contributed by atoms with Crippen molar-refractivity contribution in [2.24, 2.45) is 0 Å². The fourth-order valence-electron chi connectivity index (χ4n) is 4.71. The first-order valence-electron chi connectivity index (χ1n) is 12.6. The number of carbonyl (C=O) groups is 2. The number of ether oxygens (including phenoxy) is 2. The van der Waals surface area contributed by atoms with Gasteiger partial charge in [0.2, 0.25) is 0 Å². The molecule has 0 aliphatic carbocycles. The lowest BCUT2D eigenvalue weighted by Gasteiger charge is -2.26. The van der Waals surface area contributed by atoms with Crippen LogP contribution in [-0.2, 0) is 14.3 Å². The summed E-state index contributed by atoms with van der Waals surface area (Å²) in [5, 5.41) is 13.4. The molecule has 38 heavy (non-hydrogen) atoms. The van der Waals surface area contributed by atoms with Crippen molar-refractivity contribution in [1.29, 1.82) is 0 Å². The van der Waals surface area contributed by atoms with Crippen LogP contribution < -0.4 is 4.74 Å². The Morgan fingerprint density at radius 1 is 0.842 bits per heavy atom.